The molecule has 0 aliphatic carbocycles. The summed E-state index contributed by atoms with van der Waals surface area (Å²) in [5.41, 5.74) is 11.2. The molecule has 2 rings (SSSR count). The molecular formula is C18H24N4O2S. The van der Waals surface area contributed by atoms with Gasteiger partial charge in [-0.05, 0) is 62.0 Å². The molecule has 134 valence electrons. The van der Waals surface area contributed by atoms with Gasteiger partial charge in [0.1, 0.15) is 10.8 Å². The second-order valence-electron chi connectivity index (χ2n) is 6.20. The smallest absolute Gasteiger partial charge is 0.271 e. The number of aromatic nitrogens is 1. The molecule has 0 radical (unpaired) electrons. The van der Waals surface area contributed by atoms with Crippen molar-refractivity contribution in [2.75, 3.05) is 12.3 Å². The van der Waals surface area contributed by atoms with Gasteiger partial charge in [-0.25, -0.2) is 5.43 Å². The lowest BCUT2D eigenvalue weighted by atomic mass is 10.1. The van der Waals surface area contributed by atoms with Crippen molar-refractivity contribution < 1.29 is 9.53 Å². The Morgan fingerprint density at radius 1 is 1.36 bits per heavy atom. The summed E-state index contributed by atoms with van der Waals surface area (Å²) >= 11 is 1.22. The molecule has 3 N–H and O–H groups in total. The third kappa shape index (κ3) is 5.29. The van der Waals surface area contributed by atoms with Crippen LogP contribution in [-0.4, -0.2) is 22.6 Å². The minimum Gasteiger partial charge on any atom is -0.494 e. The summed E-state index contributed by atoms with van der Waals surface area (Å²) in [6.45, 7) is 8.63. The van der Waals surface area contributed by atoms with Gasteiger partial charge in [0.15, 0.2) is 0 Å². The Morgan fingerprint density at radius 3 is 2.60 bits per heavy atom. The van der Waals surface area contributed by atoms with Crippen LogP contribution in [0.2, 0.25) is 0 Å². The van der Waals surface area contributed by atoms with Gasteiger partial charge in [0.25, 0.3) is 5.91 Å². The van der Waals surface area contributed by atoms with Crippen molar-refractivity contribution in [3.63, 3.8) is 0 Å². The highest BCUT2D eigenvalue weighted by Crippen LogP contribution is 2.21. The summed E-state index contributed by atoms with van der Waals surface area (Å²) in [5.74, 6) is 1.07. The molecule has 1 aromatic carbocycles. The van der Waals surface area contributed by atoms with Gasteiger partial charge in [0.05, 0.1) is 23.6 Å². The van der Waals surface area contributed by atoms with Crippen LogP contribution in [0.25, 0.3) is 0 Å². The van der Waals surface area contributed by atoms with Crippen molar-refractivity contribution in [3.05, 3.63) is 41.1 Å². The molecule has 0 atom stereocenters. The van der Waals surface area contributed by atoms with Crippen molar-refractivity contribution in [3.8, 4) is 5.75 Å². The van der Waals surface area contributed by atoms with E-state index in [-0.39, 0.29) is 5.91 Å². The van der Waals surface area contributed by atoms with Crippen LogP contribution in [0, 0.1) is 12.8 Å². The minimum atomic E-state index is -0.285. The summed E-state index contributed by atoms with van der Waals surface area (Å²) in [7, 11) is 0. The Labute approximate surface area is 152 Å². The van der Waals surface area contributed by atoms with Crippen LogP contribution in [0.3, 0.4) is 0 Å². The maximum Gasteiger partial charge on any atom is 0.271 e. The highest BCUT2D eigenvalue weighted by atomic mass is 32.1. The number of nitrogens with one attached hydrogen (secondary N) is 1. The van der Waals surface area contributed by atoms with Gasteiger partial charge >= 0.3 is 0 Å². The van der Waals surface area contributed by atoms with E-state index in [1.807, 2.05) is 6.92 Å². The Morgan fingerprint density at radius 2 is 2.04 bits per heavy atom. The Balaban J connectivity index is 1.95. The molecule has 0 aliphatic heterocycles. The molecular weight excluding hydrogens is 336 g/mol. The Hall–Kier alpha value is -2.41. The van der Waals surface area contributed by atoms with Gasteiger partial charge in [-0.1, -0.05) is 13.8 Å². The number of anilines is 1. The molecule has 1 amide bonds. The molecule has 2 aromatic rings. The molecule has 0 saturated carbocycles. The number of benzene rings is 1. The second-order valence-corrected chi connectivity index (χ2v) is 7.01. The normalized spacial score (nSPS) is 11.6. The summed E-state index contributed by atoms with van der Waals surface area (Å²) < 4.78 is 9.82. The SMILES string of the molecule is C/C(=N/NC(=O)c1ccc(OCCC(C)C)cc1)c1c(C)nsc1N. The first kappa shape index (κ1) is 18.9. The van der Waals surface area contributed by atoms with Crippen LogP contribution >= 0.6 is 11.5 Å². The average Bonchev–Trinajstić information content (AvgIpc) is 2.91. The predicted molar refractivity (Wildman–Crippen MR) is 102 cm³/mol. The third-order valence-corrected chi connectivity index (χ3v) is 4.42. The molecule has 1 heterocycles. The van der Waals surface area contributed by atoms with Crippen LogP contribution in [0.4, 0.5) is 5.00 Å². The first-order chi connectivity index (χ1) is 11.9. The number of ether oxygens (including phenoxy) is 1. The minimum absolute atomic E-state index is 0.285. The van der Waals surface area contributed by atoms with Crippen LogP contribution < -0.4 is 15.9 Å². The fraction of sp³-hybridized carbons (Fsp3) is 0.389. The van der Waals surface area contributed by atoms with E-state index in [1.165, 1.54) is 11.5 Å². The van der Waals surface area contributed by atoms with Crippen molar-refractivity contribution >= 4 is 28.2 Å². The number of amides is 1. The predicted octanol–water partition coefficient (Wildman–Crippen LogP) is 3.61. The zero-order valence-electron chi connectivity index (χ0n) is 15.0. The van der Waals surface area contributed by atoms with E-state index in [0.717, 1.165) is 23.4 Å². The quantitative estimate of drug-likeness (QED) is 0.583. The van der Waals surface area contributed by atoms with Crippen molar-refractivity contribution in [1.29, 1.82) is 0 Å². The topological polar surface area (TPSA) is 89.6 Å². The van der Waals surface area contributed by atoms with E-state index < -0.39 is 0 Å². The maximum absolute atomic E-state index is 12.2. The largest absolute Gasteiger partial charge is 0.494 e. The number of hydrogen-bond acceptors (Lipinski definition) is 6. The van der Waals surface area contributed by atoms with Crippen LogP contribution in [0.15, 0.2) is 29.4 Å². The maximum atomic E-state index is 12.2. The first-order valence-corrected chi connectivity index (χ1v) is 8.95. The lowest BCUT2D eigenvalue weighted by Crippen LogP contribution is -2.19. The number of hydrogen-bond donors (Lipinski definition) is 2. The molecule has 7 heteroatoms. The first-order valence-electron chi connectivity index (χ1n) is 8.18. The lowest BCUT2D eigenvalue weighted by Gasteiger charge is -2.08. The third-order valence-electron chi connectivity index (χ3n) is 3.66. The fourth-order valence-corrected chi connectivity index (χ4v) is 2.91. The van der Waals surface area contributed by atoms with E-state index in [9.17, 15) is 4.79 Å². The van der Waals surface area contributed by atoms with Gasteiger partial charge in [-0.2, -0.15) is 9.47 Å². The summed E-state index contributed by atoms with van der Waals surface area (Å²) in [6.07, 6.45) is 0.996. The number of hydrazone groups is 1. The molecule has 25 heavy (non-hydrogen) atoms. The average molecular weight is 360 g/mol. The molecule has 0 aliphatic rings. The summed E-state index contributed by atoms with van der Waals surface area (Å²) in [6, 6.07) is 7.01. The zero-order chi connectivity index (χ0) is 18.4. The number of aryl methyl sites for hydroxylation is 1. The van der Waals surface area contributed by atoms with E-state index in [0.29, 0.717) is 28.8 Å². The lowest BCUT2D eigenvalue weighted by molar-refractivity contribution is 0.0955. The zero-order valence-corrected chi connectivity index (χ0v) is 15.8. The number of nitrogens with zero attached hydrogens (tertiary/aromatic N) is 2. The number of carbonyl (C=O) groups excluding carboxylic acids is 1. The van der Waals surface area contributed by atoms with Crippen molar-refractivity contribution in [2.45, 2.75) is 34.1 Å². The second kappa shape index (κ2) is 8.62. The van der Waals surface area contributed by atoms with Gasteiger partial charge < -0.3 is 10.5 Å². The van der Waals surface area contributed by atoms with Gasteiger partial charge in [-0.3, -0.25) is 4.79 Å². The van der Waals surface area contributed by atoms with Crippen molar-refractivity contribution in [2.24, 2.45) is 11.0 Å². The molecule has 0 spiro atoms. The molecule has 0 bridgehead atoms. The van der Waals surface area contributed by atoms with E-state index in [1.54, 1.807) is 31.2 Å². The highest BCUT2D eigenvalue weighted by molar-refractivity contribution is 7.10. The fourth-order valence-electron chi connectivity index (χ4n) is 2.20. The number of carbonyl (C=O) groups is 1. The standard InChI is InChI=1S/C18H24N4O2S/c1-11(2)9-10-24-15-7-5-14(6-8-15)18(23)21-20-12(3)16-13(4)22-25-17(16)19/h5-8,11H,9-10,19H2,1-4H3,(H,21,23)/b20-12-. The Kier molecular flexibility index (Phi) is 6.52. The summed E-state index contributed by atoms with van der Waals surface area (Å²) in [4.78, 5) is 12.2. The highest BCUT2D eigenvalue weighted by Gasteiger charge is 2.12. The van der Waals surface area contributed by atoms with E-state index >= 15 is 0 Å². The molecule has 0 fully saturated rings. The molecule has 6 nitrogen and oxygen atoms in total. The van der Waals surface area contributed by atoms with Crippen molar-refractivity contribution in [1.82, 2.24) is 9.80 Å². The van der Waals surface area contributed by atoms with Gasteiger partial charge in [0.2, 0.25) is 0 Å². The monoisotopic (exact) mass is 360 g/mol. The van der Waals surface area contributed by atoms with Gasteiger partial charge in [0, 0.05) is 5.56 Å². The van der Waals surface area contributed by atoms with Crippen LogP contribution in [-0.2, 0) is 0 Å². The van der Waals surface area contributed by atoms with Crippen LogP contribution in [0.5, 0.6) is 5.75 Å². The summed E-state index contributed by atoms with van der Waals surface area (Å²) in [5, 5.41) is 4.72. The molecule has 1 aromatic heterocycles. The number of rotatable bonds is 7. The molecule has 0 saturated heterocycles. The van der Waals surface area contributed by atoms with E-state index in [2.05, 4.69) is 28.7 Å². The number of nitrogen functional groups attached to an aromatic ring is 1. The number of nitrogens with two attached hydrogens (primary N) is 1. The van der Waals surface area contributed by atoms with E-state index in [4.69, 9.17) is 10.5 Å². The Bertz CT molecular complexity index is 731. The van der Waals surface area contributed by atoms with Crippen LogP contribution in [0.1, 0.15) is 48.8 Å². The molecule has 0 unspecified atom stereocenters. The van der Waals surface area contributed by atoms with Gasteiger partial charge in [-0.15, -0.1) is 0 Å².